The number of nitrogens with one attached hydrogen (secondary N) is 1. The maximum atomic E-state index is 12.5. The number of carbonyl (C=O) groups is 1. The predicted molar refractivity (Wildman–Crippen MR) is 280 cm³/mol. The molecular formula is C59H103NO3. The lowest BCUT2D eigenvalue weighted by Gasteiger charge is -2.20. The summed E-state index contributed by atoms with van der Waals surface area (Å²) in [4.78, 5) is 12.5. The summed E-state index contributed by atoms with van der Waals surface area (Å²) in [6.45, 7) is 4.20. The molecule has 2 unspecified atom stereocenters. The van der Waals surface area contributed by atoms with Crippen LogP contribution >= 0.6 is 0 Å². The molecule has 0 heterocycles. The zero-order chi connectivity index (χ0) is 45.6. The molecule has 0 rings (SSSR count). The monoisotopic (exact) mass is 874 g/mol. The van der Waals surface area contributed by atoms with Crippen LogP contribution in [0.15, 0.2) is 97.2 Å². The second-order valence-corrected chi connectivity index (χ2v) is 17.9. The Morgan fingerprint density at radius 1 is 0.397 bits per heavy atom. The molecule has 362 valence electrons. The van der Waals surface area contributed by atoms with Gasteiger partial charge < -0.3 is 15.5 Å². The van der Waals surface area contributed by atoms with Crippen molar-refractivity contribution >= 4 is 5.91 Å². The van der Waals surface area contributed by atoms with Crippen molar-refractivity contribution in [3.05, 3.63) is 97.2 Å². The minimum absolute atomic E-state index is 0.0774. The molecular weight excluding hydrogens is 771 g/mol. The van der Waals surface area contributed by atoms with Crippen LogP contribution in [0.5, 0.6) is 0 Å². The van der Waals surface area contributed by atoms with Crippen LogP contribution in [0.3, 0.4) is 0 Å². The highest BCUT2D eigenvalue weighted by atomic mass is 16.3. The van der Waals surface area contributed by atoms with Crippen LogP contribution in [0.2, 0.25) is 0 Å². The van der Waals surface area contributed by atoms with E-state index >= 15 is 0 Å². The first-order valence-electron chi connectivity index (χ1n) is 27.0. The van der Waals surface area contributed by atoms with Crippen LogP contribution in [-0.4, -0.2) is 34.9 Å². The third-order valence-corrected chi connectivity index (χ3v) is 11.8. The number of hydrogen-bond acceptors (Lipinski definition) is 3. The van der Waals surface area contributed by atoms with Crippen LogP contribution in [0.4, 0.5) is 0 Å². The van der Waals surface area contributed by atoms with E-state index in [0.717, 1.165) is 83.5 Å². The lowest BCUT2D eigenvalue weighted by molar-refractivity contribution is -0.123. The summed E-state index contributed by atoms with van der Waals surface area (Å²) in [5.41, 5.74) is 0. The molecule has 2 atom stereocenters. The van der Waals surface area contributed by atoms with E-state index in [1.807, 2.05) is 6.08 Å². The van der Waals surface area contributed by atoms with Gasteiger partial charge in [0.2, 0.25) is 5.91 Å². The molecule has 0 bridgehead atoms. The van der Waals surface area contributed by atoms with Gasteiger partial charge >= 0.3 is 0 Å². The average molecular weight is 874 g/mol. The zero-order valence-electron chi connectivity index (χ0n) is 41.6. The van der Waals surface area contributed by atoms with E-state index in [2.05, 4.69) is 104 Å². The van der Waals surface area contributed by atoms with Gasteiger partial charge in [-0.05, 0) is 77.0 Å². The molecule has 4 nitrogen and oxygen atoms in total. The summed E-state index contributed by atoms with van der Waals surface area (Å²) in [6.07, 6.45) is 79.7. The fraction of sp³-hybridized carbons (Fsp3) is 0.712. The van der Waals surface area contributed by atoms with E-state index in [1.165, 1.54) is 148 Å². The molecule has 0 radical (unpaired) electrons. The predicted octanol–water partition coefficient (Wildman–Crippen LogP) is 17.7. The number of hydrogen-bond donors (Lipinski definition) is 3. The summed E-state index contributed by atoms with van der Waals surface area (Å²) < 4.78 is 0. The maximum absolute atomic E-state index is 12.5. The summed E-state index contributed by atoms with van der Waals surface area (Å²) in [7, 11) is 0. The van der Waals surface area contributed by atoms with Gasteiger partial charge in [0, 0.05) is 6.42 Å². The molecule has 0 aromatic carbocycles. The van der Waals surface area contributed by atoms with E-state index in [4.69, 9.17) is 0 Å². The van der Waals surface area contributed by atoms with Crippen molar-refractivity contribution in [2.45, 2.75) is 264 Å². The molecule has 0 aromatic heterocycles. The molecule has 0 saturated carbocycles. The first kappa shape index (κ1) is 60.3. The number of carbonyl (C=O) groups excluding carboxylic acids is 1. The van der Waals surface area contributed by atoms with E-state index in [9.17, 15) is 15.0 Å². The number of allylic oxidation sites excluding steroid dienone is 15. The highest BCUT2D eigenvalue weighted by Gasteiger charge is 2.18. The van der Waals surface area contributed by atoms with Crippen LogP contribution in [0.25, 0.3) is 0 Å². The second kappa shape index (κ2) is 53.6. The number of unbranched alkanes of at least 4 members (excludes halogenated alkanes) is 27. The van der Waals surface area contributed by atoms with Crippen molar-refractivity contribution in [2.75, 3.05) is 6.61 Å². The Hall–Kier alpha value is -2.69. The largest absolute Gasteiger partial charge is 0.394 e. The topological polar surface area (TPSA) is 69.6 Å². The van der Waals surface area contributed by atoms with Crippen LogP contribution in [0.1, 0.15) is 251 Å². The number of rotatable bonds is 48. The fourth-order valence-electron chi connectivity index (χ4n) is 7.75. The normalized spacial score (nSPS) is 13.7. The fourth-order valence-corrected chi connectivity index (χ4v) is 7.75. The second-order valence-electron chi connectivity index (χ2n) is 17.9. The first-order chi connectivity index (χ1) is 31.2. The lowest BCUT2D eigenvalue weighted by Crippen LogP contribution is -2.45. The number of aliphatic hydroxyl groups is 2. The molecule has 1 amide bonds. The molecule has 0 aliphatic rings. The first-order valence-corrected chi connectivity index (χ1v) is 27.0. The van der Waals surface area contributed by atoms with Crippen molar-refractivity contribution in [1.82, 2.24) is 5.32 Å². The van der Waals surface area contributed by atoms with Gasteiger partial charge in [0.05, 0.1) is 18.8 Å². The summed E-state index contributed by atoms with van der Waals surface area (Å²) in [6, 6.07) is -0.636. The van der Waals surface area contributed by atoms with Crippen molar-refractivity contribution in [3.8, 4) is 0 Å². The Morgan fingerprint density at radius 2 is 0.698 bits per heavy atom. The average Bonchev–Trinajstić information content (AvgIpc) is 3.29. The van der Waals surface area contributed by atoms with Gasteiger partial charge in [0.1, 0.15) is 0 Å². The Balaban J connectivity index is 3.61. The molecule has 0 fully saturated rings. The summed E-state index contributed by atoms with van der Waals surface area (Å²) >= 11 is 0. The van der Waals surface area contributed by atoms with E-state index in [0.29, 0.717) is 6.42 Å². The van der Waals surface area contributed by atoms with E-state index < -0.39 is 12.1 Å². The Labute approximate surface area is 392 Å². The lowest BCUT2D eigenvalue weighted by atomic mass is 10.0. The van der Waals surface area contributed by atoms with Crippen molar-refractivity contribution in [1.29, 1.82) is 0 Å². The van der Waals surface area contributed by atoms with Gasteiger partial charge in [-0.25, -0.2) is 0 Å². The molecule has 3 N–H and O–H groups in total. The zero-order valence-corrected chi connectivity index (χ0v) is 41.6. The molecule has 0 spiro atoms. The third kappa shape index (κ3) is 50.2. The Bertz CT molecular complexity index is 1170. The van der Waals surface area contributed by atoms with Crippen molar-refractivity contribution in [2.24, 2.45) is 0 Å². The standard InChI is InChI=1S/C59H103NO3/c1-3-5-7-9-11-13-15-17-19-21-23-25-27-28-29-30-31-32-33-35-37-39-41-43-45-47-49-51-53-55-59(63)60-57(56-61)58(62)54-52-50-48-46-44-42-40-38-36-34-26-24-22-20-18-16-14-12-10-8-6-4-2/h5,7,11,13,17,19,23,25,28-29,31-32,35,37,52,54,57-58,61-62H,3-4,6,8-10,12,14-16,18,20-22,24,26-27,30,33-34,36,38-51,53,55-56H2,1-2H3,(H,60,63)/b7-5-,13-11-,19-17-,25-23-,29-28-,32-31-,37-35-,54-52+. The SMILES string of the molecule is CC/C=C\C/C=C\C/C=C\C/C=C\C/C=C\C/C=C\C/C=C\CCCCCCCCCC(=O)NC(CO)C(O)/C=C/CCCCCCCCCCCCCCCCCCCCCC. The highest BCUT2D eigenvalue weighted by Crippen LogP contribution is 2.16. The van der Waals surface area contributed by atoms with Crippen LogP contribution < -0.4 is 5.32 Å². The molecule has 0 aromatic rings. The van der Waals surface area contributed by atoms with Crippen molar-refractivity contribution in [3.63, 3.8) is 0 Å². The van der Waals surface area contributed by atoms with Gasteiger partial charge in [-0.1, -0.05) is 265 Å². The molecule has 0 saturated heterocycles. The molecule has 0 aliphatic carbocycles. The third-order valence-electron chi connectivity index (χ3n) is 11.8. The van der Waals surface area contributed by atoms with E-state index in [-0.39, 0.29) is 12.5 Å². The van der Waals surface area contributed by atoms with Crippen LogP contribution in [0, 0.1) is 0 Å². The van der Waals surface area contributed by atoms with Crippen molar-refractivity contribution < 1.29 is 15.0 Å². The van der Waals surface area contributed by atoms with Gasteiger partial charge in [0.15, 0.2) is 0 Å². The molecule has 4 heteroatoms. The van der Waals surface area contributed by atoms with Gasteiger partial charge in [-0.2, -0.15) is 0 Å². The Kier molecular flexibility index (Phi) is 51.4. The molecule has 0 aliphatic heterocycles. The van der Waals surface area contributed by atoms with Gasteiger partial charge in [0.25, 0.3) is 0 Å². The number of amides is 1. The van der Waals surface area contributed by atoms with E-state index in [1.54, 1.807) is 6.08 Å². The molecule has 63 heavy (non-hydrogen) atoms. The minimum Gasteiger partial charge on any atom is -0.394 e. The summed E-state index contributed by atoms with van der Waals surface area (Å²) in [5, 5.41) is 23.2. The summed E-state index contributed by atoms with van der Waals surface area (Å²) in [5.74, 6) is -0.0774. The minimum atomic E-state index is -0.851. The van der Waals surface area contributed by atoms with Gasteiger partial charge in [-0.15, -0.1) is 0 Å². The van der Waals surface area contributed by atoms with Gasteiger partial charge in [-0.3, -0.25) is 4.79 Å². The maximum Gasteiger partial charge on any atom is 0.220 e. The quantitative estimate of drug-likeness (QED) is 0.0421. The number of aliphatic hydroxyl groups excluding tert-OH is 2. The Morgan fingerprint density at radius 3 is 1.05 bits per heavy atom. The highest BCUT2D eigenvalue weighted by molar-refractivity contribution is 5.76. The smallest absolute Gasteiger partial charge is 0.220 e. The van der Waals surface area contributed by atoms with Crippen LogP contribution in [-0.2, 0) is 4.79 Å².